The Hall–Kier alpha value is -2.91. The van der Waals surface area contributed by atoms with Crippen LogP contribution in [0.5, 0.6) is 0 Å². The topological polar surface area (TPSA) is 88.9 Å². The quantitative estimate of drug-likeness (QED) is 0.509. The fourth-order valence-corrected chi connectivity index (χ4v) is 3.64. The monoisotopic (exact) mass is 447 g/mol. The third-order valence-electron chi connectivity index (χ3n) is 4.04. The van der Waals surface area contributed by atoms with E-state index in [1.807, 2.05) is 6.92 Å². The maximum atomic E-state index is 12.9. The minimum atomic E-state index is -0.371. The number of amides is 2. The molecule has 1 heterocycles. The van der Waals surface area contributed by atoms with Crippen LogP contribution in [0.3, 0.4) is 0 Å². The summed E-state index contributed by atoms with van der Waals surface area (Å²) in [6.45, 7) is 2.45. The predicted molar refractivity (Wildman–Crippen MR) is 115 cm³/mol. The molecule has 3 aromatic rings. The van der Waals surface area contributed by atoms with E-state index in [2.05, 4.69) is 20.8 Å². The molecule has 1 aromatic heterocycles. The molecular formula is C20H19ClFN5O2S. The van der Waals surface area contributed by atoms with Crippen molar-refractivity contribution in [1.29, 1.82) is 0 Å². The first-order valence-corrected chi connectivity index (χ1v) is 10.5. The number of hydrogen-bond acceptors (Lipinski definition) is 5. The van der Waals surface area contributed by atoms with Gasteiger partial charge in [-0.1, -0.05) is 35.5 Å². The van der Waals surface area contributed by atoms with Crippen LogP contribution >= 0.6 is 23.4 Å². The average molecular weight is 448 g/mol. The molecule has 2 aromatic carbocycles. The second-order valence-electron chi connectivity index (χ2n) is 6.19. The van der Waals surface area contributed by atoms with Crippen LogP contribution in [0.1, 0.15) is 12.7 Å². The van der Waals surface area contributed by atoms with Gasteiger partial charge in [-0.25, -0.2) is 4.39 Å². The van der Waals surface area contributed by atoms with E-state index in [9.17, 15) is 14.0 Å². The standard InChI is InChI=1S/C20H19ClFN5O2S/c1-2-27-17(11-18(28)24-16-6-4-3-5-15(16)21)25-26-20(27)30-12-19(29)23-14-9-7-13(22)8-10-14/h3-10H,2,11-12H2,1H3,(H,23,29)(H,24,28). The number of para-hydroxylation sites is 1. The fourth-order valence-electron chi connectivity index (χ4n) is 2.64. The van der Waals surface area contributed by atoms with Gasteiger partial charge in [0.25, 0.3) is 0 Å². The van der Waals surface area contributed by atoms with Crippen LogP contribution in [-0.4, -0.2) is 32.3 Å². The number of nitrogens with zero attached hydrogens (tertiary/aromatic N) is 3. The minimum absolute atomic E-state index is 0.0222. The van der Waals surface area contributed by atoms with Crippen molar-refractivity contribution in [2.45, 2.75) is 25.0 Å². The number of carbonyl (C=O) groups is 2. The molecule has 2 N–H and O–H groups in total. The fraction of sp³-hybridized carbons (Fsp3) is 0.200. The molecule has 0 bridgehead atoms. The summed E-state index contributed by atoms with van der Waals surface area (Å²) >= 11 is 7.27. The highest BCUT2D eigenvalue weighted by Crippen LogP contribution is 2.21. The second-order valence-corrected chi connectivity index (χ2v) is 7.54. The van der Waals surface area contributed by atoms with Crippen molar-refractivity contribution in [1.82, 2.24) is 14.8 Å². The van der Waals surface area contributed by atoms with Gasteiger partial charge in [0.2, 0.25) is 11.8 Å². The smallest absolute Gasteiger partial charge is 0.234 e. The van der Waals surface area contributed by atoms with E-state index in [1.54, 1.807) is 28.8 Å². The molecular weight excluding hydrogens is 429 g/mol. The molecule has 0 spiro atoms. The number of thioether (sulfide) groups is 1. The first kappa shape index (κ1) is 21.8. The first-order chi connectivity index (χ1) is 14.5. The molecule has 0 saturated heterocycles. The Labute approximate surface area is 182 Å². The lowest BCUT2D eigenvalue weighted by Crippen LogP contribution is -2.18. The number of benzene rings is 2. The van der Waals surface area contributed by atoms with Crippen LogP contribution in [0.25, 0.3) is 0 Å². The van der Waals surface area contributed by atoms with Gasteiger partial charge in [0.1, 0.15) is 11.6 Å². The Balaban J connectivity index is 1.58. The number of anilines is 2. The number of carbonyl (C=O) groups excluding carboxylic acids is 2. The summed E-state index contributed by atoms with van der Waals surface area (Å²) in [6.07, 6.45) is 0.0222. The van der Waals surface area contributed by atoms with Gasteiger partial charge in [0, 0.05) is 12.2 Å². The Morgan fingerprint density at radius 1 is 1.07 bits per heavy atom. The number of nitrogens with one attached hydrogen (secondary N) is 2. The molecule has 0 saturated carbocycles. The highest BCUT2D eigenvalue weighted by molar-refractivity contribution is 7.99. The summed E-state index contributed by atoms with van der Waals surface area (Å²) in [7, 11) is 0. The molecule has 2 amide bonds. The molecule has 3 rings (SSSR count). The number of halogens is 2. The molecule has 30 heavy (non-hydrogen) atoms. The second kappa shape index (κ2) is 10.2. The Morgan fingerprint density at radius 3 is 2.50 bits per heavy atom. The summed E-state index contributed by atoms with van der Waals surface area (Å²) in [6, 6.07) is 12.5. The lowest BCUT2D eigenvalue weighted by Gasteiger charge is -2.09. The third-order valence-corrected chi connectivity index (χ3v) is 5.33. The molecule has 156 valence electrons. The molecule has 0 radical (unpaired) electrons. The predicted octanol–water partition coefficient (Wildman–Crippen LogP) is 4.00. The summed E-state index contributed by atoms with van der Waals surface area (Å²) in [5, 5.41) is 14.6. The number of hydrogen-bond donors (Lipinski definition) is 2. The maximum absolute atomic E-state index is 12.9. The van der Waals surface area contributed by atoms with Crippen molar-refractivity contribution < 1.29 is 14.0 Å². The van der Waals surface area contributed by atoms with Gasteiger partial charge in [-0.15, -0.1) is 10.2 Å². The molecule has 0 aliphatic heterocycles. The van der Waals surface area contributed by atoms with Crippen LogP contribution in [0.2, 0.25) is 5.02 Å². The van der Waals surface area contributed by atoms with E-state index < -0.39 is 0 Å². The molecule has 0 fully saturated rings. The first-order valence-electron chi connectivity index (χ1n) is 9.11. The van der Waals surface area contributed by atoms with E-state index in [0.29, 0.717) is 33.9 Å². The SMILES string of the molecule is CCn1c(CC(=O)Nc2ccccc2Cl)nnc1SCC(=O)Nc1ccc(F)cc1. The van der Waals surface area contributed by atoms with Crippen molar-refractivity contribution >= 4 is 46.6 Å². The summed E-state index contributed by atoms with van der Waals surface area (Å²) in [5.41, 5.74) is 1.04. The molecule has 10 heteroatoms. The largest absolute Gasteiger partial charge is 0.325 e. The van der Waals surface area contributed by atoms with Crippen molar-refractivity contribution in [3.8, 4) is 0 Å². The summed E-state index contributed by atoms with van der Waals surface area (Å²) < 4.78 is 14.7. The normalized spacial score (nSPS) is 10.6. The van der Waals surface area contributed by atoms with E-state index in [4.69, 9.17) is 11.6 Å². The zero-order valence-electron chi connectivity index (χ0n) is 16.1. The molecule has 0 unspecified atom stereocenters. The van der Waals surface area contributed by atoms with Crippen LogP contribution in [0.4, 0.5) is 15.8 Å². The van der Waals surface area contributed by atoms with Gasteiger partial charge in [-0.3, -0.25) is 9.59 Å². The zero-order valence-corrected chi connectivity index (χ0v) is 17.6. The zero-order chi connectivity index (χ0) is 21.5. The lowest BCUT2D eigenvalue weighted by atomic mass is 10.3. The highest BCUT2D eigenvalue weighted by Gasteiger charge is 2.16. The molecule has 7 nitrogen and oxygen atoms in total. The number of aromatic nitrogens is 3. The summed E-state index contributed by atoms with van der Waals surface area (Å²) in [4.78, 5) is 24.5. The van der Waals surface area contributed by atoms with Crippen LogP contribution in [0.15, 0.2) is 53.7 Å². The minimum Gasteiger partial charge on any atom is -0.325 e. The van der Waals surface area contributed by atoms with Crippen LogP contribution in [0, 0.1) is 5.82 Å². The van der Waals surface area contributed by atoms with Gasteiger partial charge in [-0.05, 0) is 43.3 Å². The van der Waals surface area contributed by atoms with E-state index >= 15 is 0 Å². The highest BCUT2D eigenvalue weighted by atomic mass is 35.5. The average Bonchev–Trinajstić information content (AvgIpc) is 3.11. The van der Waals surface area contributed by atoms with Gasteiger partial charge >= 0.3 is 0 Å². The van der Waals surface area contributed by atoms with Crippen molar-refractivity contribution in [3.63, 3.8) is 0 Å². The van der Waals surface area contributed by atoms with Crippen molar-refractivity contribution in [2.75, 3.05) is 16.4 Å². The Bertz CT molecular complexity index is 1040. The maximum Gasteiger partial charge on any atom is 0.234 e. The van der Waals surface area contributed by atoms with E-state index in [1.165, 1.54) is 36.0 Å². The molecule has 0 aliphatic rings. The van der Waals surface area contributed by atoms with Gasteiger partial charge < -0.3 is 15.2 Å². The van der Waals surface area contributed by atoms with E-state index in [-0.39, 0.29) is 29.8 Å². The molecule has 0 atom stereocenters. The number of rotatable bonds is 8. The van der Waals surface area contributed by atoms with Crippen molar-refractivity contribution in [3.05, 3.63) is 65.2 Å². The van der Waals surface area contributed by atoms with Gasteiger partial charge in [0.15, 0.2) is 5.16 Å². The van der Waals surface area contributed by atoms with Gasteiger partial charge in [0.05, 0.1) is 22.9 Å². The Kier molecular flexibility index (Phi) is 7.42. The van der Waals surface area contributed by atoms with Gasteiger partial charge in [-0.2, -0.15) is 0 Å². The Morgan fingerprint density at radius 2 is 1.80 bits per heavy atom. The van der Waals surface area contributed by atoms with E-state index in [0.717, 1.165) is 0 Å². The van der Waals surface area contributed by atoms with Crippen molar-refractivity contribution in [2.24, 2.45) is 0 Å². The van der Waals surface area contributed by atoms with Crippen LogP contribution in [-0.2, 0) is 22.6 Å². The van der Waals surface area contributed by atoms with Crippen LogP contribution < -0.4 is 10.6 Å². The molecule has 0 aliphatic carbocycles. The lowest BCUT2D eigenvalue weighted by molar-refractivity contribution is -0.116. The summed E-state index contributed by atoms with van der Waals surface area (Å²) in [5.74, 6) is -0.305. The third kappa shape index (κ3) is 5.80.